The molecule has 0 saturated carbocycles. The highest BCUT2D eigenvalue weighted by Crippen LogP contribution is 2.34. The molecule has 1 aromatic carbocycles. The number of hydrogen-bond donors (Lipinski definition) is 2. The van der Waals surface area contributed by atoms with Gasteiger partial charge < -0.3 is 15.2 Å². The van der Waals surface area contributed by atoms with Gasteiger partial charge >= 0.3 is 12.1 Å². The second kappa shape index (κ2) is 8.38. The molecule has 0 unspecified atom stereocenters. The SMILES string of the molecule is O=C(O)c1cnc(N2CCN(C(=NO)c3c(F)cccc3C(F)(F)F)CC2=O)c(Cl)c1. The maximum Gasteiger partial charge on any atom is 0.417 e. The van der Waals surface area contributed by atoms with Crippen LogP contribution >= 0.6 is 11.6 Å². The summed E-state index contributed by atoms with van der Waals surface area (Å²) in [5, 5.41) is 21.0. The van der Waals surface area contributed by atoms with E-state index >= 15 is 0 Å². The molecule has 1 aromatic heterocycles. The number of amides is 1. The normalized spacial score (nSPS) is 15.4. The Bertz CT molecular complexity index is 1080. The molecule has 0 bridgehead atoms. The van der Waals surface area contributed by atoms with E-state index in [0.717, 1.165) is 34.2 Å². The fourth-order valence-corrected chi connectivity index (χ4v) is 3.35. The number of aromatic carboxylic acids is 1. The Morgan fingerprint density at radius 1 is 1.26 bits per heavy atom. The molecule has 0 radical (unpaired) electrons. The average molecular weight is 461 g/mol. The number of rotatable bonds is 3. The Kier molecular flexibility index (Phi) is 6.02. The lowest BCUT2D eigenvalue weighted by atomic mass is 10.0. The number of anilines is 1. The molecule has 0 spiro atoms. The molecule has 8 nitrogen and oxygen atoms in total. The molecule has 0 aliphatic carbocycles. The molecule has 164 valence electrons. The number of amidine groups is 1. The van der Waals surface area contributed by atoms with Gasteiger partial charge in [0.25, 0.3) is 0 Å². The van der Waals surface area contributed by atoms with Crippen LogP contribution in [0.2, 0.25) is 5.02 Å². The number of halogens is 5. The molecule has 1 saturated heterocycles. The summed E-state index contributed by atoms with van der Waals surface area (Å²) in [7, 11) is 0. The van der Waals surface area contributed by atoms with Crippen LogP contribution in [0.25, 0.3) is 0 Å². The van der Waals surface area contributed by atoms with Gasteiger partial charge in [0.05, 0.1) is 28.3 Å². The van der Waals surface area contributed by atoms with Crippen molar-refractivity contribution < 1.29 is 37.5 Å². The molecule has 2 heterocycles. The molecule has 2 N–H and O–H groups in total. The van der Waals surface area contributed by atoms with Crippen LogP contribution < -0.4 is 4.90 Å². The van der Waals surface area contributed by atoms with Crippen LogP contribution in [0.15, 0.2) is 35.6 Å². The van der Waals surface area contributed by atoms with E-state index in [1.807, 2.05) is 0 Å². The molecule has 3 rings (SSSR count). The van der Waals surface area contributed by atoms with E-state index in [-0.39, 0.29) is 29.5 Å². The highest BCUT2D eigenvalue weighted by molar-refractivity contribution is 6.33. The topological polar surface area (TPSA) is 106 Å². The van der Waals surface area contributed by atoms with Crippen molar-refractivity contribution >= 4 is 35.1 Å². The van der Waals surface area contributed by atoms with Crippen LogP contribution in [0.3, 0.4) is 0 Å². The lowest BCUT2D eigenvalue weighted by Gasteiger charge is -2.35. The molecule has 2 aromatic rings. The van der Waals surface area contributed by atoms with E-state index < -0.39 is 47.4 Å². The third-order valence-electron chi connectivity index (χ3n) is 4.48. The van der Waals surface area contributed by atoms with E-state index in [0.29, 0.717) is 6.07 Å². The summed E-state index contributed by atoms with van der Waals surface area (Å²) in [4.78, 5) is 29.6. The minimum Gasteiger partial charge on any atom is -0.478 e. The first-order valence-electron chi connectivity index (χ1n) is 8.57. The van der Waals surface area contributed by atoms with E-state index in [2.05, 4.69) is 10.1 Å². The van der Waals surface area contributed by atoms with Gasteiger partial charge in [0, 0.05) is 19.3 Å². The van der Waals surface area contributed by atoms with Crippen LogP contribution in [-0.4, -0.2) is 57.5 Å². The van der Waals surface area contributed by atoms with Crippen LogP contribution in [0.5, 0.6) is 0 Å². The maximum absolute atomic E-state index is 14.3. The number of nitrogens with zero attached hydrogens (tertiary/aromatic N) is 4. The standard InChI is InChI=1S/C18H13ClF4N4O4/c19-11-6-9(17(29)30)7-24-15(11)27-5-4-26(8-13(27)28)16(25-31)14-10(18(21,22)23)2-1-3-12(14)20/h1-3,6-7,31H,4-5,8H2,(H,29,30). The van der Waals surface area contributed by atoms with Gasteiger partial charge in [-0.25, -0.2) is 14.2 Å². The Morgan fingerprint density at radius 3 is 2.52 bits per heavy atom. The minimum absolute atomic E-state index is 0.0410. The maximum atomic E-state index is 14.3. The number of alkyl halides is 3. The molecule has 1 aliphatic rings. The van der Waals surface area contributed by atoms with Gasteiger partial charge in [-0.3, -0.25) is 9.69 Å². The fourth-order valence-electron chi connectivity index (χ4n) is 3.08. The second-order valence-corrected chi connectivity index (χ2v) is 6.79. The molecule has 1 aliphatic heterocycles. The van der Waals surface area contributed by atoms with Crippen LogP contribution in [0, 0.1) is 5.82 Å². The quantitative estimate of drug-likeness (QED) is 0.240. The molecule has 13 heteroatoms. The number of carboxylic acid groups (broad SMARTS) is 1. The van der Waals surface area contributed by atoms with Crippen molar-refractivity contribution in [3.63, 3.8) is 0 Å². The lowest BCUT2D eigenvalue weighted by molar-refractivity contribution is -0.138. The van der Waals surface area contributed by atoms with Gasteiger partial charge in [-0.2, -0.15) is 13.2 Å². The van der Waals surface area contributed by atoms with E-state index in [1.165, 1.54) is 0 Å². The van der Waals surface area contributed by atoms with Crippen molar-refractivity contribution in [3.05, 3.63) is 58.0 Å². The predicted octanol–water partition coefficient (Wildman–Crippen LogP) is 3.08. The first-order valence-corrected chi connectivity index (χ1v) is 8.94. The summed E-state index contributed by atoms with van der Waals surface area (Å²) in [5.74, 6) is -4.02. The number of oxime groups is 1. The van der Waals surface area contributed by atoms with Gasteiger partial charge in [0.2, 0.25) is 5.91 Å². The average Bonchev–Trinajstić information content (AvgIpc) is 2.69. The summed E-state index contributed by atoms with van der Waals surface area (Å²) in [6.45, 7) is -0.855. The number of pyridine rings is 1. The Balaban J connectivity index is 1.89. The van der Waals surface area contributed by atoms with E-state index in [1.54, 1.807) is 0 Å². The predicted molar refractivity (Wildman–Crippen MR) is 99.9 cm³/mol. The van der Waals surface area contributed by atoms with Crippen molar-refractivity contribution in [1.29, 1.82) is 0 Å². The van der Waals surface area contributed by atoms with Gasteiger partial charge in [-0.15, -0.1) is 0 Å². The smallest absolute Gasteiger partial charge is 0.417 e. The highest BCUT2D eigenvalue weighted by atomic mass is 35.5. The third kappa shape index (κ3) is 4.38. The number of hydrogen-bond acceptors (Lipinski definition) is 5. The van der Waals surface area contributed by atoms with Gasteiger partial charge in [0.1, 0.15) is 5.82 Å². The lowest BCUT2D eigenvalue weighted by Crippen LogP contribution is -2.53. The highest BCUT2D eigenvalue weighted by Gasteiger charge is 2.39. The largest absolute Gasteiger partial charge is 0.478 e. The number of carbonyl (C=O) groups excluding carboxylic acids is 1. The molecular weight excluding hydrogens is 448 g/mol. The Hall–Kier alpha value is -3.41. The summed E-state index contributed by atoms with van der Waals surface area (Å²) in [5.41, 5.74) is -2.54. The summed E-state index contributed by atoms with van der Waals surface area (Å²) in [6, 6.07) is 3.38. The van der Waals surface area contributed by atoms with Crippen LogP contribution in [-0.2, 0) is 11.0 Å². The number of aromatic nitrogens is 1. The van der Waals surface area contributed by atoms with Gasteiger partial charge in [-0.1, -0.05) is 22.8 Å². The second-order valence-electron chi connectivity index (χ2n) is 6.39. The number of carbonyl (C=O) groups is 2. The van der Waals surface area contributed by atoms with Gasteiger partial charge in [0.15, 0.2) is 11.7 Å². The third-order valence-corrected chi connectivity index (χ3v) is 4.76. The zero-order valence-corrected chi connectivity index (χ0v) is 16.2. The first kappa shape index (κ1) is 22.3. The molecular formula is C18H13ClF4N4O4. The van der Waals surface area contributed by atoms with E-state index in [9.17, 15) is 32.4 Å². The summed E-state index contributed by atoms with van der Waals surface area (Å²) >= 11 is 6.01. The minimum atomic E-state index is -4.93. The summed E-state index contributed by atoms with van der Waals surface area (Å²) in [6.07, 6.45) is -3.93. The van der Waals surface area contributed by atoms with Crippen molar-refractivity contribution in [2.24, 2.45) is 5.16 Å². The molecule has 1 amide bonds. The van der Waals surface area contributed by atoms with Gasteiger partial charge in [-0.05, 0) is 18.2 Å². The van der Waals surface area contributed by atoms with E-state index in [4.69, 9.17) is 16.7 Å². The Labute approximate surface area is 177 Å². The van der Waals surface area contributed by atoms with Crippen molar-refractivity contribution in [2.75, 3.05) is 24.5 Å². The molecule has 1 fully saturated rings. The fraction of sp³-hybridized carbons (Fsp3) is 0.222. The van der Waals surface area contributed by atoms with Crippen LogP contribution in [0.1, 0.15) is 21.5 Å². The van der Waals surface area contributed by atoms with Crippen molar-refractivity contribution in [3.8, 4) is 0 Å². The number of benzene rings is 1. The zero-order valence-electron chi connectivity index (χ0n) is 15.4. The van der Waals surface area contributed by atoms with Crippen LogP contribution in [0.4, 0.5) is 23.4 Å². The number of piperazine rings is 1. The van der Waals surface area contributed by atoms with Crippen molar-refractivity contribution in [2.45, 2.75) is 6.18 Å². The van der Waals surface area contributed by atoms with Crippen molar-refractivity contribution in [1.82, 2.24) is 9.88 Å². The monoisotopic (exact) mass is 460 g/mol. The molecule has 0 atom stereocenters. The summed E-state index contributed by atoms with van der Waals surface area (Å²) < 4.78 is 54.3. The molecule has 31 heavy (non-hydrogen) atoms. The Morgan fingerprint density at radius 2 is 1.97 bits per heavy atom. The first-order chi connectivity index (χ1) is 14.5. The number of carboxylic acids is 1. The zero-order chi connectivity index (χ0) is 22.9.